The topological polar surface area (TPSA) is 61.8 Å². The van der Waals surface area contributed by atoms with E-state index in [1.165, 1.54) is 6.08 Å². The lowest BCUT2D eigenvalue weighted by atomic mass is 10.1. The molecule has 132 valence electrons. The molecule has 1 aromatic rings. The van der Waals surface area contributed by atoms with E-state index in [1.54, 1.807) is 24.3 Å². The molecule has 5 heteroatoms. The van der Waals surface area contributed by atoms with Crippen LogP contribution in [0.25, 0.3) is 6.08 Å². The maximum atomic E-state index is 12.1. The van der Waals surface area contributed by atoms with Gasteiger partial charge in [0.05, 0.1) is 19.8 Å². The van der Waals surface area contributed by atoms with Crippen LogP contribution in [0.3, 0.4) is 0 Å². The third kappa shape index (κ3) is 6.86. The fourth-order valence-corrected chi connectivity index (χ4v) is 1.79. The summed E-state index contributed by atoms with van der Waals surface area (Å²) in [5.74, 6) is -0.578. The lowest BCUT2D eigenvalue weighted by molar-refractivity contribution is -0.147. The van der Waals surface area contributed by atoms with E-state index in [2.05, 4.69) is 0 Å². The molecular weight excluding hydrogens is 308 g/mol. The first kappa shape index (κ1) is 19.7. The number of esters is 2. The van der Waals surface area contributed by atoms with Crippen molar-refractivity contribution in [2.24, 2.45) is 0 Å². The predicted molar refractivity (Wildman–Crippen MR) is 92.7 cm³/mol. The molecule has 0 atom stereocenters. The largest absolute Gasteiger partial charge is 0.494 e. The average molecular weight is 334 g/mol. The van der Waals surface area contributed by atoms with Gasteiger partial charge in [-0.3, -0.25) is 0 Å². The Labute approximate surface area is 143 Å². The lowest BCUT2D eigenvalue weighted by Crippen LogP contribution is -2.19. The van der Waals surface area contributed by atoms with E-state index in [1.807, 2.05) is 20.8 Å². The molecule has 1 rings (SSSR count). The van der Waals surface area contributed by atoms with Crippen LogP contribution >= 0.6 is 0 Å². The number of carbonyl (C=O) groups excluding carboxylic acids is 2. The van der Waals surface area contributed by atoms with Crippen LogP contribution in [0.4, 0.5) is 0 Å². The number of benzene rings is 1. The minimum absolute atomic E-state index is 0.0980. The highest BCUT2D eigenvalue weighted by Crippen LogP contribution is 2.16. The van der Waals surface area contributed by atoms with Crippen LogP contribution in [-0.4, -0.2) is 31.8 Å². The van der Waals surface area contributed by atoms with Crippen molar-refractivity contribution < 1.29 is 23.8 Å². The molecule has 0 heterocycles. The van der Waals surface area contributed by atoms with Gasteiger partial charge in [-0.25, -0.2) is 9.59 Å². The van der Waals surface area contributed by atoms with Crippen LogP contribution in [-0.2, 0) is 19.1 Å². The molecule has 0 unspecified atom stereocenters. The third-order valence-electron chi connectivity index (χ3n) is 2.98. The number of carbonyl (C=O) groups is 2. The van der Waals surface area contributed by atoms with Gasteiger partial charge in [0.2, 0.25) is 0 Å². The smallest absolute Gasteiger partial charge is 0.345 e. The van der Waals surface area contributed by atoms with Crippen LogP contribution < -0.4 is 4.74 Å². The van der Waals surface area contributed by atoms with E-state index in [9.17, 15) is 9.59 Å². The molecule has 24 heavy (non-hydrogen) atoms. The maximum absolute atomic E-state index is 12.1. The number of ether oxygens (including phenoxy) is 3. The first-order chi connectivity index (χ1) is 11.6. The SMILES string of the molecule is CCCOC(=O)C(=Cc1ccc(OCCC)cc1)C(=O)OCCC. The Kier molecular flexibility index (Phi) is 9.27. The van der Waals surface area contributed by atoms with Crippen molar-refractivity contribution in [1.29, 1.82) is 0 Å². The Morgan fingerprint density at radius 3 is 1.79 bits per heavy atom. The van der Waals surface area contributed by atoms with Crippen molar-refractivity contribution >= 4 is 18.0 Å². The molecule has 0 bridgehead atoms. The summed E-state index contributed by atoms with van der Waals surface area (Å²) in [6.45, 7) is 6.99. The summed E-state index contributed by atoms with van der Waals surface area (Å²) in [6, 6.07) is 7.16. The molecule has 0 saturated carbocycles. The predicted octanol–water partition coefficient (Wildman–Crippen LogP) is 3.77. The maximum Gasteiger partial charge on any atom is 0.345 e. The molecule has 0 radical (unpaired) electrons. The molecule has 0 spiro atoms. The van der Waals surface area contributed by atoms with Crippen molar-refractivity contribution in [2.75, 3.05) is 19.8 Å². The van der Waals surface area contributed by atoms with Crippen LogP contribution in [0.15, 0.2) is 29.8 Å². The molecule has 1 aromatic carbocycles. The van der Waals surface area contributed by atoms with Crippen LogP contribution in [0.1, 0.15) is 45.6 Å². The van der Waals surface area contributed by atoms with E-state index in [0.717, 1.165) is 12.2 Å². The van der Waals surface area contributed by atoms with Gasteiger partial charge < -0.3 is 14.2 Å². The molecule has 0 aliphatic rings. The second kappa shape index (κ2) is 11.3. The summed E-state index contributed by atoms with van der Waals surface area (Å²) in [4.78, 5) is 24.2. The second-order valence-electron chi connectivity index (χ2n) is 5.25. The van der Waals surface area contributed by atoms with E-state index < -0.39 is 11.9 Å². The number of hydrogen-bond acceptors (Lipinski definition) is 5. The fourth-order valence-electron chi connectivity index (χ4n) is 1.79. The van der Waals surface area contributed by atoms with E-state index >= 15 is 0 Å². The summed E-state index contributed by atoms with van der Waals surface area (Å²) in [7, 11) is 0. The highest BCUT2D eigenvalue weighted by atomic mass is 16.6. The quantitative estimate of drug-likeness (QED) is 0.282. The van der Waals surface area contributed by atoms with Crippen LogP contribution in [0.5, 0.6) is 5.75 Å². The molecule has 0 fully saturated rings. The molecule has 5 nitrogen and oxygen atoms in total. The minimum Gasteiger partial charge on any atom is -0.494 e. The van der Waals surface area contributed by atoms with Gasteiger partial charge in [-0.2, -0.15) is 0 Å². The normalized spacial score (nSPS) is 9.96. The monoisotopic (exact) mass is 334 g/mol. The minimum atomic E-state index is -0.663. The first-order valence-corrected chi connectivity index (χ1v) is 8.41. The molecule has 0 saturated heterocycles. The summed E-state index contributed by atoms with van der Waals surface area (Å²) >= 11 is 0. The van der Waals surface area contributed by atoms with Crippen LogP contribution in [0.2, 0.25) is 0 Å². The standard InChI is InChI=1S/C19H26O5/c1-4-11-22-16-9-7-15(8-10-16)14-17(18(20)23-12-5-2)19(21)24-13-6-3/h7-10,14H,4-6,11-13H2,1-3H3. The van der Waals surface area contributed by atoms with Gasteiger partial charge in [0.15, 0.2) is 0 Å². The Hall–Kier alpha value is -2.30. The Morgan fingerprint density at radius 2 is 1.33 bits per heavy atom. The van der Waals surface area contributed by atoms with Gasteiger partial charge >= 0.3 is 11.9 Å². The van der Waals surface area contributed by atoms with Crippen molar-refractivity contribution in [3.05, 3.63) is 35.4 Å². The molecule has 0 aliphatic heterocycles. The van der Waals surface area contributed by atoms with E-state index in [4.69, 9.17) is 14.2 Å². The molecule has 0 aromatic heterocycles. The molecule has 0 N–H and O–H groups in total. The van der Waals surface area contributed by atoms with E-state index in [-0.39, 0.29) is 18.8 Å². The lowest BCUT2D eigenvalue weighted by Gasteiger charge is -2.08. The Balaban J connectivity index is 2.92. The highest BCUT2D eigenvalue weighted by Gasteiger charge is 2.21. The Bertz CT molecular complexity index is 523. The van der Waals surface area contributed by atoms with Crippen molar-refractivity contribution in [3.63, 3.8) is 0 Å². The van der Waals surface area contributed by atoms with Gasteiger partial charge in [0.25, 0.3) is 0 Å². The average Bonchev–Trinajstić information content (AvgIpc) is 2.61. The van der Waals surface area contributed by atoms with Gasteiger partial charge in [0, 0.05) is 0 Å². The van der Waals surface area contributed by atoms with Gasteiger partial charge in [-0.15, -0.1) is 0 Å². The Morgan fingerprint density at radius 1 is 0.833 bits per heavy atom. The van der Waals surface area contributed by atoms with Gasteiger partial charge in [-0.05, 0) is 43.0 Å². The van der Waals surface area contributed by atoms with Crippen molar-refractivity contribution in [3.8, 4) is 5.75 Å². The number of rotatable bonds is 10. The third-order valence-corrected chi connectivity index (χ3v) is 2.98. The molecule has 0 aliphatic carbocycles. The zero-order chi connectivity index (χ0) is 17.8. The van der Waals surface area contributed by atoms with Crippen molar-refractivity contribution in [1.82, 2.24) is 0 Å². The first-order valence-electron chi connectivity index (χ1n) is 8.41. The van der Waals surface area contributed by atoms with E-state index in [0.29, 0.717) is 25.0 Å². The molecular formula is C19H26O5. The second-order valence-corrected chi connectivity index (χ2v) is 5.25. The van der Waals surface area contributed by atoms with Crippen molar-refractivity contribution in [2.45, 2.75) is 40.0 Å². The highest BCUT2D eigenvalue weighted by molar-refractivity contribution is 6.17. The summed E-state index contributed by atoms with van der Waals surface area (Å²) < 4.78 is 15.7. The molecule has 0 amide bonds. The zero-order valence-electron chi connectivity index (χ0n) is 14.7. The summed E-state index contributed by atoms with van der Waals surface area (Å²) in [5.41, 5.74) is 0.606. The van der Waals surface area contributed by atoms with Gasteiger partial charge in [0.1, 0.15) is 11.3 Å². The zero-order valence-corrected chi connectivity index (χ0v) is 14.7. The number of hydrogen-bond donors (Lipinski definition) is 0. The summed E-state index contributed by atoms with van der Waals surface area (Å²) in [5, 5.41) is 0. The fraction of sp³-hybridized carbons (Fsp3) is 0.474. The van der Waals surface area contributed by atoms with Crippen LogP contribution in [0, 0.1) is 0 Å². The van der Waals surface area contributed by atoms with Gasteiger partial charge in [-0.1, -0.05) is 32.9 Å². The summed E-state index contributed by atoms with van der Waals surface area (Å²) in [6.07, 6.45) is 3.79.